The van der Waals surface area contributed by atoms with Gasteiger partial charge < -0.3 is 0 Å². The maximum Gasteiger partial charge on any atom is -0.0132 e. The Morgan fingerprint density at radius 1 is 0.882 bits per heavy atom. The van der Waals surface area contributed by atoms with Gasteiger partial charge in [0.25, 0.3) is 0 Å². The molecule has 0 amide bonds. The molecule has 0 N–H and O–H groups in total. The second-order valence-electron chi connectivity index (χ2n) is 7.54. The van der Waals surface area contributed by atoms with Gasteiger partial charge in [0.2, 0.25) is 0 Å². The molecule has 0 bridgehead atoms. The highest BCUT2D eigenvalue weighted by Crippen LogP contribution is 2.31. The van der Waals surface area contributed by atoms with Gasteiger partial charge in [0.1, 0.15) is 0 Å². The summed E-state index contributed by atoms with van der Waals surface area (Å²) >= 11 is 0. The molecular weight excluding hydrogens is 204 g/mol. The quantitative estimate of drug-likeness (QED) is 0.629. The van der Waals surface area contributed by atoms with Gasteiger partial charge in [0.15, 0.2) is 0 Å². The molecule has 0 spiro atoms. The van der Waals surface area contributed by atoms with E-state index in [0.717, 1.165) is 0 Å². The molecule has 0 fully saturated rings. The molecule has 1 rings (SSSR count). The van der Waals surface area contributed by atoms with Crippen LogP contribution in [0.15, 0.2) is 24.3 Å². The summed E-state index contributed by atoms with van der Waals surface area (Å²) in [4.78, 5) is 0. The highest BCUT2D eigenvalue weighted by atomic mass is 14.2. The first kappa shape index (κ1) is 14.3. The summed E-state index contributed by atoms with van der Waals surface area (Å²) in [5, 5.41) is 0. The standard InChI is InChI=1S/C17H28/c1-13(12-16(2,3)4)14-8-10-15(11-9-14)17(5,6)7/h8-11,13H,12H2,1-7H3. The zero-order chi connectivity index (χ0) is 13.3. The van der Waals surface area contributed by atoms with Gasteiger partial charge in [-0.25, -0.2) is 0 Å². The smallest absolute Gasteiger partial charge is 0.0132 e. The van der Waals surface area contributed by atoms with E-state index in [0.29, 0.717) is 11.3 Å². The third kappa shape index (κ3) is 4.53. The van der Waals surface area contributed by atoms with Crippen LogP contribution in [-0.4, -0.2) is 0 Å². The molecule has 0 saturated heterocycles. The summed E-state index contributed by atoms with van der Waals surface area (Å²) in [6.45, 7) is 16.1. The van der Waals surface area contributed by atoms with Crippen LogP contribution in [0.1, 0.15) is 71.9 Å². The van der Waals surface area contributed by atoms with Gasteiger partial charge in [-0.2, -0.15) is 0 Å². The first-order valence-corrected chi connectivity index (χ1v) is 6.70. The number of hydrogen-bond donors (Lipinski definition) is 0. The van der Waals surface area contributed by atoms with E-state index in [4.69, 9.17) is 0 Å². The summed E-state index contributed by atoms with van der Waals surface area (Å²) in [6.07, 6.45) is 1.24. The van der Waals surface area contributed by atoms with Gasteiger partial charge in [-0.05, 0) is 34.3 Å². The number of rotatable bonds is 2. The van der Waals surface area contributed by atoms with E-state index in [-0.39, 0.29) is 5.41 Å². The lowest BCUT2D eigenvalue weighted by Crippen LogP contribution is -2.12. The predicted octanol–water partition coefficient (Wildman–Crippen LogP) is 5.52. The maximum atomic E-state index is 2.33. The molecule has 0 aliphatic carbocycles. The number of benzene rings is 1. The van der Waals surface area contributed by atoms with Gasteiger partial charge in [-0.3, -0.25) is 0 Å². The highest BCUT2D eigenvalue weighted by Gasteiger charge is 2.18. The van der Waals surface area contributed by atoms with Gasteiger partial charge in [-0.1, -0.05) is 72.7 Å². The van der Waals surface area contributed by atoms with Crippen LogP contribution in [-0.2, 0) is 5.41 Å². The Hall–Kier alpha value is -0.780. The normalized spacial score (nSPS) is 14.8. The minimum atomic E-state index is 0.256. The summed E-state index contributed by atoms with van der Waals surface area (Å²) in [5.74, 6) is 0.643. The zero-order valence-electron chi connectivity index (χ0n) is 12.6. The topological polar surface area (TPSA) is 0 Å². The molecule has 1 unspecified atom stereocenters. The fraction of sp³-hybridized carbons (Fsp3) is 0.647. The second-order valence-corrected chi connectivity index (χ2v) is 7.54. The molecule has 1 aromatic rings. The molecule has 0 radical (unpaired) electrons. The summed E-state index contributed by atoms with van der Waals surface area (Å²) in [7, 11) is 0. The zero-order valence-corrected chi connectivity index (χ0v) is 12.6. The molecule has 0 heteroatoms. The Balaban J connectivity index is 2.81. The Bertz CT molecular complexity index is 343. The predicted molar refractivity (Wildman–Crippen MR) is 77.6 cm³/mol. The van der Waals surface area contributed by atoms with Gasteiger partial charge in [0.05, 0.1) is 0 Å². The first-order valence-electron chi connectivity index (χ1n) is 6.70. The summed E-state index contributed by atoms with van der Waals surface area (Å²) in [5.41, 5.74) is 3.55. The van der Waals surface area contributed by atoms with Crippen molar-refractivity contribution in [1.29, 1.82) is 0 Å². The molecule has 1 aromatic carbocycles. The van der Waals surface area contributed by atoms with E-state index < -0.39 is 0 Å². The van der Waals surface area contributed by atoms with Crippen LogP contribution in [0.25, 0.3) is 0 Å². The van der Waals surface area contributed by atoms with Crippen molar-refractivity contribution < 1.29 is 0 Å². The van der Waals surface area contributed by atoms with Crippen LogP contribution in [0, 0.1) is 5.41 Å². The molecule has 0 aliphatic heterocycles. The average Bonchev–Trinajstić information content (AvgIpc) is 2.14. The van der Waals surface area contributed by atoms with Crippen molar-refractivity contribution >= 4 is 0 Å². The lowest BCUT2D eigenvalue weighted by molar-refractivity contribution is 0.349. The molecule has 0 nitrogen and oxygen atoms in total. The molecule has 96 valence electrons. The molecule has 0 aromatic heterocycles. The van der Waals surface area contributed by atoms with E-state index in [1.165, 1.54) is 17.5 Å². The Kier molecular flexibility index (Phi) is 4.06. The van der Waals surface area contributed by atoms with Crippen molar-refractivity contribution in [2.45, 2.75) is 66.2 Å². The van der Waals surface area contributed by atoms with Crippen molar-refractivity contribution in [1.82, 2.24) is 0 Å². The van der Waals surface area contributed by atoms with Crippen molar-refractivity contribution in [3.63, 3.8) is 0 Å². The van der Waals surface area contributed by atoms with Crippen molar-refractivity contribution in [2.24, 2.45) is 5.41 Å². The van der Waals surface area contributed by atoms with Gasteiger partial charge >= 0.3 is 0 Å². The van der Waals surface area contributed by atoms with Crippen LogP contribution in [0.2, 0.25) is 0 Å². The molecular formula is C17H28. The molecule has 0 saturated carbocycles. The average molecular weight is 232 g/mol. The lowest BCUT2D eigenvalue weighted by Gasteiger charge is -2.24. The van der Waals surface area contributed by atoms with Crippen molar-refractivity contribution in [3.8, 4) is 0 Å². The van der Waals surface area contributed by atoms with Crippen LogP contribution in [0.5, 0.6) is 0 Å². The fourth-order valence-electron chi connectivity index (χ4n) is 2.35. The van der Waals surface area contributed by atoms with Crippen molar-refractivity contribution in [3.05, 3.63) is 35.4 Å². The third-order valence-corrected chi connectivity index (χ3v) is 3.26. The lowest BCUT2D eigenvalue weighted by atomic mass is 9.81. The van der Waals surface area contributed by atoms with Crippen molar-refractivity contribution in [2.75, 3.05) is 0 Å². The summed E-state index contributed by atoms with van der Waals surface area (Å²) < 4.78 is 0. The Morgan fingerprint density at radius 3 is 1.71 bits per heavy atom. The highest BCUT2D eigenvalue weighted by molar-refractivity contribution is 5.29. The van der Waals surface area contributed by atoms with Crippen LogP contribution >= 0.6 is 0 Å². The molecule has 0 aliphatic rings. The Morgan fingerprint density at radius 2 is 1.35 bits per heavy atom. The molecule has 0 heterocycles. The van der Waals surface area contributed by atoms with Crippen LogP contribution in [0.3, 0.4) is 0 Å². The molecule has 1 atom stereocenters. The van der Waals surface area contributed by atoms with E-state index >= 15 is 0 Å². The first-order chi connectivity index (χ1) is 7.59. The Labute approximate surface area is 107 Å². The van der Waals surface area contributed by atoms with E-state index in [1.807, 2.05) is 0 Å². The van der Waals surface area contributed by atoms with E-state index in [9.17, 15) is 0 Å². The largest absolute Gasteiger partial charge is 0.0602 e. The van der Waals surface area contributed by atoms with E-state index in [2.05, 4.69) is 72.7 Å². The van der Waals surface area contributed by atoms with E-state index in [1.54, 1.807) is 0 Å². The van der Waals surface area contributed by atoms with Crippen LogP contribution < -0.4 is 0 Å². The van der Waals surface area contributed by atoms with Gasteiger partial charge in [0, 0.05) is 0 Å². The van der Waals surface area contributed by atoms with Crippen LogP contribution in [0.4, 0.5) is 0 Å². The molecule has 17 heavy (non-hydrogen) atoms. The monoisotopic (exact) mass is 232 g/mol. The number of hydrogen-bond acceptors (Lipinski definition) is 0. The third-order valence-electron chi connectivity index (χ3n) is 3.26. The summed E-state index contributed by atoms with van der Waals surface area (Å²) in [6, 6.07) is 9.18. The minimum absolute atomic E-state index is 0.256. The fourth-order valence-corrected chi connectivity index (χ4v) is 2.35. The van der Waals surface area contributed by atoms with Gasteiger partial charge in [-0.15, -0.1) is 0 Å². The second kappa shape index (κ2) is 4.84. The SMILES string of the molecule is CC(CC(C)(C)C)c1ccc(C(C)(C)C)cc1. The minimum Gasteiger partial charge on any atom is -0.0602 e. The maximum absolute atomic E-state index is 2.33.